The molecule has 2 unspecified atom stereocenters. The van der Waals surface area contributed by atoms with Gasteiger partial charge in [-0.3, -0.25) is 0 Å². The average molecular weight is 327 g/mol. The van der Waals surface area contributed by atoms with Crippen molar-refractivity contribution in [1.29, 1.82) is 0 Å². The van der Waals surface area contributed by atoms with Gasteiger partial charge in [0.1, 0.15) is 11.4 Å². The third kappa shape index (κ3) is 4.78. The van der Waals surface area contributed by atoms with Crippen molar-refractivity contribution < 1.29 is 14.3 Å². The fourth-order valence-electron chi connectivity index (χ4n) is 2.17. The van der Waals surface area contributed by atoms with E-state index >= 15 is 0 Å². The van der Waals surface area contributed by atoms with Gasteiger partial charge in [0.25, 0.3) is 0 Å². The van der Waals surface area contributed by atoms with E-state index in [0.717, 1.165) is 17.7 Å². The van der Waals surface area contributed by atoms with E-state index in [-0.39, 0.29) is 18.2 Å². The second kappa shape index (κ2) is 6.75. The molecule has 122 valence electrons. The van der Waals surface area contributed by atoms with E-state index in [4.69, 9.17) is 21.1 Å². The number of ether oxygens (including phenoxy) is 2. The van der Waals surface area contributed by atoms with Crippen molar-refractivity contribution in [1.82, 2.24) is 10.6 Å². The van der Waals surface area contributed by atoms with Gasteiger partial charge in [0.2, 0.25) is 0 Å². The first-order valence-corrected chi connectivity index (χ1v) is 7.72. The number of nitrogens with one attached hydrogen (secondary N) is 2. The second-order valence-corrected chi connectivity index (χ2v) is 6.80. The minimum atomic E-state index is -0.479. The number of benzene rings is 1. The Balaban J connectivity index is 1.80. The standard InChI is InChI=1S/C16H23ClN2O3/c1-16(2,3)22-15(20)19-13-8-12(13)18-9-10-11(17)6-5-7-14(10)21-4/h5-7,12-13,18H,8-9H2,1-4H3,(H,19,20). The highest BCUT2D eigenvalue weighted by molar-refractivity contribution is 6.31. The van der Waals surface area contributed by atoms with Gasteiger partial charge in [-0.25, -0.2) is 4.79 Å². The Hall–Kier alpha value is -1.46. The summed E-state index contributed by atoms with van der Waals surface area (Å²) >= 11 is 6.20. The molecule has 0 heterocycles. The van der Waals surface area contributed by atoms with E-state index in [9.17, 15) is 4.79 Å². The molecular formula is C16H23ClN2O3. The third-order valence-electron chi connectivity index (χ3n) is 3.33. The van der Waals surface area contributed by atoms with Crippen LogP contribution in [0.15, 0.2) is 18.2 Å². The molecule has 1 amide bonds. The predicted molar refractivity (Wildman–Crippen MR) is 86.4 cm³/mol. The molecular weight excluding hydrogens is 304 g/mol. The Morgan fingerprint density at radius 3 is 2.73 bits per heavy atom. The average Bonchev–Trinajstić information content (AvgIpc) is 3.12. The van der Waals surface area contributed by atoms with Crippen LogP contribution in [0.25, 0.3) is 0 Å². The highest BCUT2D eigenvalue weighted by Gasteiger charge is 2.39. The maximum atomic E-state index is 11.7. The summed E-state index contributed by atoms with van der Waals surface area (Å²) in [6.45, 7) is 6.14. The van der Waals surface area contributed by atoms with Gasteiger partial charge < -0.3 is 20.1 Å². The normalized spacial score (nSPS) is 20.4. The highest BCUT2D eigenvalue weighted by Crippen LogP contribution is 2.28. The molecule has 1 aliphatic carbocycles. The first-order chi connectivity index (χ1) is 10.3. The lowest BCUT2D eigenvalue weighted by Gasteiger charge is -2.19. The molecule has 0 aromatic heterocycles. The molecule has 2 N–H and O–H groups in total. The lowest BCUT2D eigenvalue weighted by atomic mass is 10.2. The number of halogens is 1. The van der Waals surface area contributed by atoms with Crippen molar-refractivity contribution in [2.24, 2.45) is 0 Å². The molecule has 0 radical (unpaired) electrons. The Morgan fingerprint density at radius 1 is 1.36 bits per heavy atom. The summed E-state index contributed by atoms with van der Waals surface area (Å²) in [6, 6.07) is 5.91. The fraction of sp³-hybridized carbons (Fsp3) is 0.562. The van der Waals surface area contributed by atoms with Gasteiger partial charge in [0, 0.05) is 29.2 Å². The van der Waals surface area contributed by atoms with Crippen LogP contribution in [0.1, 0.15) is 32.8 Å². The number of carbonyl (C=O) groups is 1. The summed E-state index contributed by atoms with van der Waals surface area (Å²) in [5, 5.41) is 6.89. The molecule has 1 aliphatic rings. The first-order valence-electron chi connectivity index (χ1n) is 7.34. The Labute approximate surface area is 136 Å². The van der Waals surface area contributed by atoms with Crippen molar-refractivity contribution in [3.05, 3.63) is 28.8 Å². The van der Waals surface area contributed by atoms with E-state index in [1.165, 1.54) is 0 Å². The summed E-state index contributed by atoms with van der Waals surface area (Å²) in [5.41, 5.74) is 0.446. The van der Waals surface area contributed by atoms with Crippen LogP contribution in [0.5, 0.6) is 5.75 Å². The zero-order chi connectivity index (χ0) is 16.3. The summed E-state index contributed by atoms with van der Waals surface area (Å²) in [6.07, 6.45) is 0.503. The maximum absolute atomic E-state index is 11.7. The number of alkyl carbamates (subject to hydrolysis) is 1. The van der Waals surface area contributed by atoms with Crippen LogP contribution >= 0.6 is 11.6 Å². The molecule has 2 atom stereocenters. The quantitative estimate of drug-likeness (QED) is 0.873. The van der Waals surface area contributed by atoms with Crippen molar-refractivity contribution in [2.75, 3.05) is 7.11 Å². The first kappa shape index (κ1) is 16.9. The zero-order valence-corrected chi connectivity index (χ0v) is 14.2. The minimum Gasteiger partial charge on any atom is -0.496 e. The van der Waals surface area contributed by atoms with Crippen LogP contribution in [0, 0.1) is 0 Å². The van der Waals surface area contributed by atoms with Crippen LogP contribution in [-0.4, -0.2) is 30.9 Å². The third-order valence-corrected chi connectivity index (χ3v) is 3.68. The van der Waals surface area contributed by atoms with Crippen LogP contribution in [0.3, 0.4) is 0 Å². The van der Waals surface area contributed by atoms with Crippen molar-refractivity contribution in [3.8, 4) is 5.75 Å². The lowest BCUT2D eigenvalue weighted by Crippen LogP contribution is -2.36. The van der Waals surface area contributed by atoms with Crippen LogP contribution in [0.4, 0.5) is 4.79 Å². The van der Waals surface area contributed by atoms with Gasteiger partial charge in [0.15, 0.2) is 0 Å². The monoisotopic (exact) mass is 326 g/mol. The van der Waals surface area contributed by atoms with Gasteiger partial charge in [0.05, 0.1) is 7.11 Å². The summed E-state index contributed by atoms with van der Waals surface area (Å²) in [4.78, 5) is 11.7. The van der Waals surface area contributed by atoms with Gasteiger partial charge in [-0.1, -0.05) is 17.7 Å². The largest absolute Gasteiger partial charge is 0.496 e. The molecule has 6 heteroatoms. The molecule has 2 rings (SSSR count). The lowest BCUT2D eigenvalue weighted by molar-refractivity contribution is 0.0522. The molecule has 0 bridgehead atoms. The Kier molecular flexibility index (Phi) is 5.19. The molecule has 1 fully saturated rings. The Morgan fingerprint density at radius 2 is 2.09 bits per heavy atom. The van der Waals surface area contributed by atoms with Crippen molar-refractivity contribution in [3.63, 3.8) is 0 Å². The number of methoxy groups -OCH3 is 1. The van der Waals surface area contributed by atoms with Crippen molar-refractivity contribution in [2.45, 2.75) is 51.4 Å². The van der Waals surface area contributed by atoms with Gasteiger partial charge in [-0.15, -0.1) is 0 Å². The summed E-state index contributed by atoms with van der Waals surface area (Å²) in [7, 11) is 1.62. The molecule has 0 saturated heterocycles. The Bertz CT molecular complexity index is 543. The van der Waals surface area contributed by atoms with E-state index in [1.807, 2.05) is 39.0 Å². The number of hydrogen-bond donors (Lipinski definition) is 2. The number of amides is 1. The minimum absolute atomic E-state index is 0.100. The second-order valence-electron chi connectivity index (χ2n) is 6.40. The molecule has 5 nitrogen and oxygen atoms in total. The number of rotatable bonds is 5. The number of hydrogen-bond acceptors (Lipinski definition) is 4. The van der Waals surface area contributed by atoms with Crippen LogP contribution in [-0.2, 0) is 11.3 Å². The summed E-state index contributed by atoms with van der Waals surface area (Å²) in [5.74, 6) is 0.761. The van der Waals surface area contributed by atoms with Crippen molar-refractivity contribution >= 4 is 17.7 Å². The molecule has 0 spiro atoms. The SMILES string of the molecule is COc1cccc(Cl)c1CNC1CC1NC(=O)OC(C)(C)C. The van der Waals surface area contributed by atoms with Crippen LogP contribution < -0.4 is 15.4 Å². The molecule has 22 heavy (non-hydrogen) atoms. The molecule has 1 aromatic carbocycles. The van der Waals surface area contributed by atoms with E-state index in [0.29, 0.717) is 11.6 Å². The molecule has 1 aromatic rings. The van der Waals surface area contributed by atoms with Gasteiger partial charge in [-0.05, 0) is 39.3 Å². The predicted octanol–water partition coefficient (Wildman–Crippen LogP) is 3.10. The van der Waals surface area contributed by atoms with E-state index in [2.05, 4.69) is 10.6 Å². The smallest absolute Gasteiger partial charge is 0.407 e. The molecule has 1 saturated carbocycles. The van der Waals surface area contributed by atoms with Gasteiger partial charge >= 0.3 is 6.09 Å². The maximum Gasteiger partial charge on any atom is 0.407 e. The molecule has 0 aliphatic heterocycles. The highest BCUT2D eigenvalue weighted by atomic mass is 35.5. The topological polar surface area (TPSA) is 59.6 Å². The van der Waals surface area contributed by atoms with Gasteiger partial charge in [-0.2, -0.15) is 0 Å². The fourth-order valence-corrected chi connectivity index (χ4v) is 2.41. The zero-order valence-electron chi connectivity index (χ0n) is 13.4. The summed E-state index contributed by atoms with van der Waals surface area (Å²) < 4.78 is 10.5. The van der Waals surface area contributed by atoms with E-state index in [1.54, 1.807) is 7.11 Å². The van der Waals surface area contributed by atoms with Crippen LogP contribution in [0.2, 0.25) is 5.02 Å². The van der Waals surface area contributed by atoms with E-state index < -0.39 is 5.60 Å². The number of carbonyl (C=O) groups excluding carboxylic acids is 1.